The molecule has 1 fully saturated rings. The summed E-state index contributed by atoms with van der Waals surface area (Å²) in [5, 5.41) is 11.5. The molecule has 0 bridgehead atoms. The van der Waals surface area contributed by atoms with E-state index in [2.05, 4.69) is 15.5 Å². The number of amides is 1. The van der Waals surface area contributed by atoms with Crippen molar-refractivity contribution in [3.8, 4) is 5.69 Å². The Morgan fingerprint density at radius 1 is 1.19 bits per heavy atom. The number of hydrogen-bond donors (Lipinski definition) is 0. The molecule has 10 heteroatoms. The first kappa shape index (κ1) is 19.3. The summed E-state index contributed by atoms with van der Waals surface area (Å²) >= 11 is 0. The van der Waals surface area contributed by atoms with E-state index in [1.165, 1.54) is 16.8 Å². The summed E-state index contributed by atoms with van der Waals surface area (Å²) in [5.74, 6) is 0.511. The highest BCUT2D eigenvalue weighted by atomic mass is 19.4. The van der Waals surface area contributed by atoms with Crippen molar-refractivity contribution in [1.29, 1.82) is 0 Å². The lowest BCUT2D eigenvalue weighted by molar-refractivity contribution is -0.143. The molecule has 1 aromatic heterocycles. The van der Waals surface area contributed by atoms with E-state index in [9.17, 15) is 18.0 Å². The molecule has 1 atom stereocenters. The summed E-state index contributed by atoms with van der Waals surface area (Å²) in [6, 6.07) is 4.46. The number of carbonyl (C=O) groups is 1. The molecule has 0 saturated carbocycles. The van der Waals surface area contributed by atoms with Crippen LogP contribution in [0.1, 0.15) is 32.2 Å². The minimum Gasteiger partial charge on any atom is -0.338 e. The normalized spacial score (nSPS) is 19.1. The first-order chi connectivity index (χ1) is 12.7. The number of piperazine rings is 1. The molecular formula is C17H21F3N6O. The van der Waals surface area contributed by atoms with Gasteiger partial charge in [0.2, 0.25) is 5.91 Å². The van der Waals surface area contributed by atoms with Crippen LogP contribution in [0.25, 0.3) is 5.69 Å². The predicted molar refractivity (Wildman–Crippen MR) is 90.9 cm³/mol. The second kappa shape index (κ2) is 7.26. The summed E-state index contributed by atoms with van der Waals surface area (Å²) in [6.07, 6.45) is -4.39. The van der Waals surface area contributed by atoms with Gasteiger partial charge in [-0.3, -0.25) is 9.69 Å². The summed E-state index contributed by atoms with van der Waals surface area (Å²) < 4.78 is 39.6. The maximum Gasteiger partial charge on any atom is 0.416 e. The lowest BCUT2D eigenvalue weighted by Gasteiger charge is -2.40. The van der Waals surface area contributed by atoms with Gasteiger partial charge in [-0.15, -0.1) is 5.10 Å². The molecule has 0 radical (unpaired) electrons. The molecule has 0 aliphatic carbocycles. The van der Waals surface area contributed by atoms with Gasteiger partial charge < -0.3 is 4.90 Å². The third-order valence-corrected chi connectivity index (χ3v) is 4.76. The highest BCUT2D eigenvalue weighted by Crippen LogP contribution is 2.29. The Morgan fingerprint density at radius 3 is 2.44 bits per heavy atom. The Kier molecular flexibility index (Phi) is 5.18. The van der Waals surface area contributed by atoms with Crippen LogP contribution in [0.5, 0.6) is 0 Å². The first-order valence-corrected chi connectivity index (χ1v) is 8.68. The quantitative estimate of drug-likeness (QED) is 0.810. The van der Waals surface area contributed by atoms with Crippen LogP contribution < -0.4 is 0 Å². The molecule has 2 heterocycles. The van der Waals surface area contributed by atoms with Gasteiger partial charge in [0.25, 0.3) is 0 Å². The van der Waals surface area contributed by atoms with Crippen LogP contribution >= 0.6 is 0 Å². The molecule has 1 saturated heterocycles. The average Bonchev–Trinajstić information content (AvgIpc) is 3.06. The Labute approximate surface area is 154 Å². The van der Waals surface area contributed by atoms with Gasteiger partial charge in [-0.1, -0.05) is 0 Å². The Balaban J connectivity index is 1.77. The summed E-state index contributed by atoms with van der Waals surface area (Å²) in [4.78, 5) is 16.3. The molecule has 1 aliphatic rings. The molecular weight excluding hydrogens is 361 g/mol. The fourth-order valence-corrected chi connectivity index (χ4v) is 3.14. The number of halogens is 3. The van der Waals surface area contributed by atoms with E-state index in [0.29, 0.717) is 31.1 Å². The van der Waals surface area contributed by atoms with E-state index < -0.39 is 11.7 Å². The van der Waals surface area contributed by atoms with Gasteiger partial charge in [-0.05, 0) is 55.5 Å². The van der Waals surface area contributed by atoms with Crippen molar-refractivity contribution in [3.63, 3.8) is 0 Å². The number of benzene rings is 1. The van der Waals surface area contributed by atoms with Gasteiger partial charge in [-0.2, -0.15) is 17.9 Å². The van der Waals surface area contributed by atoms with Crippen LogP contribution in [0.15, 0.2) is 24.3 Å². The third kappa shape index (κ3) is 3.95. The smallest absolute Gasteiger partial charge is 0.338 e. The predicted octanol–water partition coefficient (Wildman–Crippen LogP) is 2.12. The van der Waals surface area contributed by atoms with Crippen molar-refractivity contribution in [1.82, 2.24) is 30.0 Å². The molecule has 0 N–H and O–H groups in total. The summed E-state index contributed by atoms with van der Waals surface area (Å²) in [7, 11) is 0. The van der Waals surface area contributed by atoms with Crippen molar-refractivity contribution in [3.05, 3.63) is 35.7 Å². The maximum atomic E-state index is 12.7. The van der Waals surface area contributed by atoms with E-state index in [0.717, 1.165) is 12.1 Å². The zero-order valence-electron chi connectivity index (χ0n) is 15.3. The van der Waals surface area contributed by atoms with Gasteiger partial charge in [0.1, 0.15) is 0 Å². The van der Waals surface area contributed by atoms with E-state index in [1.54, 1.807) is 0 Å². The number of carbonyl (C=O) groups excluding carboxylic acids is 1. The topological polar surface area (TPSA) is 67.2 Å². The second-order valence-corrected chi connectivity index (χ2v) is 6.82. The van der Waals surface area contributed by atoms with Crippen molar-refractivity contribution < 1.29 is 18.0 Å². The van der Waals surface area contributed by atoms with Crippen molar-refractivity contribution in [2.24, 2.45) is 0 Å². The van der Waals surface area contributed by atoms with Crippen LogP contribution in [0.2, 0.25) is 0 Å². The molecule has 3 rings (SSSR count). The van der Waals surface area contributed by atoms with Crippen molar-refractivity contribution >= 4 is 5.91 Å². The van der Waals surface area contributed by atoms with E-state index in [1.807, 2.05) is 30.6 Å². The van der Waals surface area contributed by atoms with Crippen LogP contribution in [-0.2, 0) is 17.5 Å². The number of tetrazole rings is 1. The third-order valence-electron chi connectivity index (χ3n) is 4.76. The molecule has 27 heavy (non-hydrogen) atoms. The van der Waals surface area contributed by atoms with Crippen molar-refractivity contribution in [2.75, 3.05) is 13.1 Å². The Morgan fingerprint density at radius 2 is 1.85 bits per heavy atom. The number of nitrogens with zero attached hydrogens (tertiary/aromatic N) is 6. The fraction of sp³-hybridized carbons (Fsp3) is 0.529. The number of rotatable bonds is 4. The Hall–Kier alpha value is -2.49. The largest absolute Gasteiger partial charge is 0.416 e. The highest BCUT2D eigenvalue weighted by molar-refractivity contribution is 5.82. The molecule has 1 amide bonds. The van der Waals surface area contributed by atoms with Gasteiger partial charge in [0, 0.05) is 19.1 Å². The molecule has 1 aliphatic heterocycles. The maximum absolute atomic E-state index is 12.7. The standard InChI is InChI=1S/C17H21F3N6O/c1-11(2)25-9-8-24(12(3)16(25)27)10-15-21-22-23-26(15)14-6-4-13(5-7-14)17(18,19)20/h4-7,11-12H,8-10H2,1-3H3. The second-order valence-electron chi connectivity index (χ2n) is 6.82. The molecule has 1 aromatic carbocycles. The SMILES string of the molecule is CC1C(=O)N(C(C)C)CCN1Cc1nnnn1-c1ccc(C(F)(F)F)cc1. The van der Waals surface area contributed by atoms with Crippen molar-refractivity contribution in [2.45, 2.75) is 45.6 Å². The lowest BCUT2D eigenvalue weighted by atomic mass is 10.1. The first-order valence-electron chi connectivity index (χ1n) is 8.68. The monoisotopic (exact) mass is 382 g/mol. The number of hydrogen-bond acceptors (Lipinski definition) is 5. The number of aromatic nitrogens is 4. The van der Waals surface area contributed by atoms with E-state index >= 15 is 0 Å². The molecule has 146 valence electrons. The minimum atomic E-state index is -4.39. The Bertz CT molecular complexity index is 802. The lowest BCUT2D eigenvalue weighted by Crippen LogP contribution is -2.57. The van der Waals surface area contributed by atoms with Crippen LogP contribution in [-0.4, -0.2) is 61.1 Å². The minimum absolute atomic E-state index is 0.0461. The molecule has 0 spiro atoms. The average molecular weight is 382 g/mol. The fourth-order valence-electron chi connectivity index (χ4n) is 3.14. The van der Waals surface area contributed by atoms with E-state index in [-0.39, 0.29) is 18.0 Å². The summed E-state index contributed by atoms with van der Waals surface area (Å²) in [6.45, 7) is 7.40. The molecule has 1 unspecified atom stereocenters. The van der Waals surface area contributed by atoms with Crippen LogP contribution in [0.3, 0.4) is 0 Å². The van der Waals surface area contributed by atoms with Gasteiger partial charge in [-0.25, -0.2) is 0 Å². The number of alkyl halides is 3. The zero-order chi connectivity index (χ0) is 19.8. The zero-order valence-corrected chi connectivity index (χ0v) is 15.3. The highest BCUT2D eigenvalue weighted by Gasteiger charge is 2.34. The summed E-state index contributed by atoms with van der Waals surface area (Å²) in [5.41, 5.74) is -0.298. The van der Waals surface area contributed by atoms with Gasteiger partial charge in [0.05, 0.1) is 23.8 Å². The van der Waals surface area contributed by atoms with Crippen LogP contribution in [0.4, 0.5) is 13.2 Å². The molecule has 2 aromatic rings. The van der Waals surface area contributed by atoms with Gasteiger partial charge >= 0.3 is 6.18 Å². The molecule has 7 nitrogen and oxygen atoms in total. The van der Waals surface area contributed by atoms with Gasteiger partial charge in [0.15, 0.2) is 5.82 Å². The van der Waals surface area contributed by atoms with Crippen LogP contribution in [0, 0.1) is 0 Å². The van der Waals surface area contributed by atoms with E-state index in [4.69, 9.17) is 0 Å².